The van der Waals surface area contributed by atoms with E-state index in [1.54, 1.807) is 18.9 Å². The highest BCUT2D eigenvalue weighted by Crippen LogP contribution is 2.20. The number of hydrogen-bond donors (Lipinski definition) is 0. The third-order valence-corrected chi connectivity index (χ3v) is 4.85. The molecule has 27 heavy (non-hydrogen) atoms. The highest BCUT2D eigenvalue weighted by atomic mass is 32.2. The minimum atomic E-state index is 0.602. The predicted octanol–water partition coefficient (Wildman–Crippen LogP) is 4.85. The molecule has 0 bridgehead atoms. The molecule has 1 heterocycles. The van der Waals surface area contributed by atoms with E-state index in [9.17, 15) is 0 Å². The Bertz CT molecular complexity index is 842. The van der Waals surface area contributed by atoms with Crippen LogP contribution in [0.3, 0.4) is 0 Å². The van der Waals surface area contributed by atoms with Crippen molar-refractivity contribution in [3.05, 3.63) is 65.0 Å². The van der Waals surface area contributed by atoms with Gasteiger partial charge in [-0.25, -0.2) is 0 Å². The number of benzene rings is 2. The van der Waals surface area contributed by atoms with Crippen LogP contribution < -0.4 is 9.47 Å². The van der Waals surface area contributed by atoms with E-state index in [2.05, 4.69) is 42.2 Å². The van der Waals surface area contributed by atoms with Gasteiger partial charge in [-0.3, -0.25) is 0 Å². The van der Waals surface area contributed by atoms with Gasteiger partial charge < -0.3 is 13.9 Å². The molecule has 0 amide bonds. The molecule has 2 aromatic carbocycles. The van der Waals surface area contributed by atoms with E-state index in [0.29, 0.717) is 24.1 Å². The Morgan fingerprint density at radius 3 is 2.41 bits per heavy atom. The van der Waals surface area contributed by atoms with Crippen LogP contribution in [0.5, 0.6) is 11.5 Å². The normalized spacial score (nSPS) is 10.8. The van der Waals surface area contributed by atoms with Crippen molar-refractivity contribution in [1.29, 1.82) is 0 Å². The Morgan fingerprint density at radius 1 is 0.963 bits per heavy atom. The maximum absolute atomic E-state index is 5.82. The van der Waals surface area contributed by atoms with Crippen molar-refractivity contribution in [3.8, 4) is 11.5 Å². The van der Waals surface area contributed by atoms with Crippen LogP contribution in [0.2, 0.25) is 0 Å². The van der Waals surface area contributed by atoms with Gasteiger partial charge in [-0.05, 0) is 61.2 Å². The Kier molecular flexibility index (Phi) is 6.76. The van der Waals surface area contributed by atoms with Gasteiger partial charge in [0.25, 0.3) is 5.22 Å². The number of aryl methyl sites for hydroxylation is 2. The van der Waals surface area contributed by atoms with Gasteiger partial charge in [0, 0.05) is 5.75 Å². The van der Waals surface area contributed by atoms with E-state index < -0.39 is 0 Å². The van der Waals surface area contributed by atoms with Crippen LogP contribution in [-0.4, -0.2) is 29.7 Å². The van der Waals surface area contributed by atoms with Gasteiger partial charge >= 0.3 is 0 Å². The topological polar surface area (TPSA) is 57.4 Å². The Hall–Kier alpha value is -2.47. The number of ether oxygens (including phenoxy) is 2. The van der Waals surface area contributed by atoms with Crippen LogP contribution in [-0.2, 0) is 6.42 Å². The molecule has 0 N–H and O–H groups in total. The number of rotatable bonds is 9. The molecular formula is C21H24N2O3S. The molecule has 0 atom stereocenters. The van der Waals surface area contributed by atoms with Gasteiger partial charge in [-0.1, -0.05) is 30.0 Å². The Morgan fingerprint density at radius 2 is 1.70 bits per heavy atom. The molecule has 142 valence electrons. The first-order chi connectivity index (χ1) is 13.1. The summed E-state index contributed by atoms with van der Waals surface area (Å²) in [5.74, 6) is 3.25. The van der Waals surface area contributed by atoms with Crippen molar-refractivity contribution in [1.82, 2.24) is 10.2 Å². The Balaban J connectivity index is 1.40. The maximum Gasteiger partial charge on any atom is 0.276 e. The molecule has 3 rings (SSSR count). The average molecular weight is 385 g/mol. The summed E-state index contributed by atoms with van der Waals surface area (Å²) >= 11 is 1.56. The summed E-state index contributed by atoms with van der Waals surface area (Å²) in [5.41, 5.74) is 3.54. The summed E-state index contributed by atoms with van der Waals surface area (Å²) in [4.78, 5) is 0. The molecule has 0 fully saturated rings. The summed E-state index contributed by atoms with van der Waals surface area (Å²) in [7, 11) is 1.66. The lowest BCUT2D eigenvalue weighted by molar-refractivity contribution is 0.318. The first-order valence-corrected chi connectivity index (χ1v) is 9.90. The van der Waals surface area contributed by atoms with Crippen LogP contribution in [0.25, 0.3) is 0 Å². The molecule has 0 aliphatic rings. The number of hydrogen-bond acceptors (Lipinski definition) is 6. The van der Waals surface area contributed by atoms with Crippen LogP contribution >= 0.6 is 11.8 Å². The summed E-state index contributed by atoms with van der Waals surface area (Å²) in [6.07, 6.45) is 1.53. The van der Waals surface area contributed by atoms with Crippen molar-refractivity contribution in [2.75, 3.05) is 19.5 Å². The second kappa shape index (κ2) is 9.46. The van der Waals surface area contributed by atoms with Crippen LogP contribution in [0.4, 0.5) is 0 Å². The predicted molar refractivity (Wildman–Crippen MR) is 107 cm³/mol. The summed E-state index contributed by atoms with van der Waals surface area (Å²) < 4.78 is 16.7. The third-order valence-electron chi connectivity index (χ3n) is 3.94. The minimum absolute atomic E-state index is 0.602. The SMILES string of the molecule is COc1ccc(Cc2nnc(SCCCOc3cc(C)cc(C)c3)o2)cc1. The molecule has 0 saturated heterocycles. The fourth-order valence-electron chi connectivity index (χ4n) is 2.71. The van der Waals surface area contributed by atoms with E-state index in [0.717, 1.165) is 29.2 Å². The molecule has 0 saturated carbocycles. The zero-order valence-electron chi connectivity index (χ0n) is 15.9. The van der Waals surface area contributed by atoms with E-state index in [4.69, 9.17) is 13.9 Å². The third kappa shape index (κ3) is 6.03. The maximum atomic E-state index is 5.82. The second-order valence-corrected chi connectivity index (χ2v) is 7.41. The number of nitrogens with zero attached hydrogens (tertiary/aromatic N) is 2. The fraction of sp³-hybridized carbons (Fsp3) is 0.333. The molecular weight excluding hydrogens is 360 g/mol. The minimum Gasteiger partial charge on any atom is -0.497 e. The quantitative estimate of drug-likeness (QED) is 0.388. The smallest absolute Gasteiger partial charge is 0.276 e. The molecule has 0 radical (unpaired) electrons. The fourth-order valence-corrected chi connectivity index (χ4v) is 3.40. The van der Waals surface area contributed by atoms with Gasteiger partial charge in [0.05, 0.1) is 20.1 Å². The molecule has 0 aliphatic carbocycles. The molecule has 0 aliphatic heterocycles. The molecule has 1 aromatic heterocycles. The lowest BCUT2D eigenvalue weighted by Crippen LogP contribution is -1.99. The molecule has 6 heteroatoms. The van der Waals surface area contributed by atoms with Crippen molar-refractivity contribution < 1.29 is 13.9 Å². The molecule has 0 spiro atoms. The van der Waals surface area contributed by atoms with Gasteiger partial charge in [-0.2, -0.15) is 0 Å². The van der Waals surface area contributed by atoms with Crippen molar-refractivity contribution in [3.63, 3.8) is 0 Å². The first-order valence-electron chi connectivity index (χ1n) is 8.91. The number of thioether (sulfide) groups is 1. The van der Waals surface area contributed by atoms with Crippen molar-refractivity contribution >= 4 is 11.8 Å². The van der Waals surface area contributed by atoms with Gasteiger partial charge in [-0.15, -0.1) is 10.2 Å². The largest absolute Gasteiger partial charge is 0.497 e. The van der Waals surface area contributed by atoms with E-state index in [1.165, 1.54) is 11.1 Å². The van der Waals surface area contributed by atoms with E-state index in [1.807, 2.05) is 24.3 Å². The van der Waals surface area contributed by atoms with E-state index >= 15 is 0 Å². The van der Waals surface area contributed by atoms with Crippen LogP contribution in [0.15, 0.2) is 52.1 Å². The van der Waals surface area contributed by atoms with Gasteiger partial charge in [0.2, 0.25) is 5.89 Å². The lowest BCUT2D eigenvalue weighted by Gasteiger charge is -2.07. The second-order valence-electron chi connectivity index (χ2n) is 6.36. The Labute approximate surface area is 164 Å². The van der Waals surface area contributed by atoms with Crippen LogP contribution in [0, 0.1) is 13.8 Å². The molecule has 5 nitrogen and oxygen atoms in total. The molecule has 3 aromatic rings. The number of aromatic nitrogens is 2. The highest BCUT2D eigenvalue weighted by molar-refractivity contribution is 7.99. The summed E-state index contributed by atoms with van der Waals surface area (Å²) in [6.45, 7) is 4.83. The zero-order chi connectivity index (χ0) is 19.1. The van der Waals surface area contributed by atoms with Crippen molar-refractivity contribution in [2.24, 2.45) is 0 Å². The van der Waals surface area contributed by atoms with E-state index in [-0.39, 0.29) is 0 Å². The zero-order valence-corrected chi connectivity index (χ0v) is 16.7. The summed E-state index contributed by atoms with van der Waals surface area (Å²) in [5, 5.41) is 8.83. The standard InChI is InChI=1S/C21H24N2O3S/c1-15-11-16(2)13-19(12-15)25-9-4-10-27-21-23-22-20(26-21)14-17-5-7-18(24-3)8-6-17/h5-8,11-13H,4,9-10,14H2,1-3H3. The van der Waals surface area contributed by atoms with Crippen molar-refractivity contribution in [2.45, 2.75) is 31.9 Å². The molecule has 0 unspecified atom stereocenters. The summed E-state index contributed by atoms with van der Waals surface area (Å²) in [6, 6.07) is 14.1. The van der Waals surface area contributed by atoms with Gasteiger partial charge in [0.15, 0.2) is 0 Å². The van der Waals surface area contributed by atoms with Gasteiger partial charge in [0.1, 0.15) is 11.5 Å². The average Bonchev–Trinajstić information content (AvgIpc) is 3.08. The van der Waals surface area contributed by atoms with Crippen LogP contribution in [0.1, 0.15) is 29.0 Å². The lowest BCUT2D eigenvalue weighted by atomic mass is 10.1. The first kappa shape index (κ1) is 19.3. The highest BCUT2D eigenvalue weighted by Gasteiger charge is 2.08. The monoisotopic (exact) mass is 384 g/mol. The number of methoxy groups -OCH3 is 1.